The van der Waals surface area contributed by atoms with Crippen LogP contribution in [0.4, 0.5) is 0 Å². The molecular weight excluding hydrogens is 440 g/mol. The van der Waals surface area contributed by atoms with Crippen molar-refractivity contribution < 1.29 is 19.5 Å². The first kappa shape index (κ1) is 25.7. The number of carboxylic acids is 1. The molecule has 3 aromatic rings. The number of carbonyl (C=O) groups excluding carboxylic acids is 2. The molecule has 0 aromatic heterocycles. The Morgan fingerprint density at radius 3 is 2.00 bits per heavy atom. The highest BCUT2D eigenvalue weighted by Gasteiger charge is 2.22. The lowest BCUT2D eigenvalue weighted by Gasteiger charge is -2.20. The summed E-state index contributed by atoms with van der Waals surface area (Å²) in [6.45, 7) is 6.69. The summed E-state index contributed by atoms with van der Waals surface area (Å²) >= 11 is 0. The third kappa shape index (κ3) is 7.54. The fourth-order valence-electron chi connectivity index (χ4n) is 3.66. The molecular formula is C29H32N2O4. The molecule has 0 aliphatic carbocycles. The van der Waals surface area contributed by atoms with E-state index in [0.29, 0.717) is 5.56 Å². The van der Waals surface area contributed by atoms with Gasteiger partial charge in [-0.15, -0.1) is 0 Å². The lowest BCUT2D eigenvalue weighted by molar-refractivity contribution is -0.137. The van der Waals surface area contributed by atoms with Crippen LogP contribution in [0.25, 0.3) is 11.1 Å². The molecule has 1 atom stereocenters. The molecule has 3 aromatic carbocycles. The number of carboxylic acid groups (broad SMARTS) is 1. The largest absolute Gasteiger partial charge is 0.481 e. The van der Waals surface area contributed by atoms with Crippen LogP contribution in [0.1, 0.15) is 55.1 Å². The van der Waals surface area contributed by atoms with Gasteiger partial charge in [-0.2, -0.15) is 0 Å². The topological polar surface area (TPSA) is 95.5 Å². The normalized spacial score (nSPS) is 12.0. The zero-order chi connectivity index (χ0) is 25.4. The minimum atomic E-state index is -1.03. The van der Waals surface area contributed by atoms with E-state index in [9.17, 15) is 14.4 Å². The molecule has 3 rings (SSSR count). The third-order valence-electron chi connectivity index (χ3n) is 5.81. The Morgan fingerprint density at radius 1 is 0.829 bits per heavy atom. The molecule has 0 saturated carbocycles. The predicted molar refractivity (Wildman–Crippen MR) is 137 cm³/mol. The SMILES string of the molecule is CC(C)(C)c1ccc(CNC(=O)[C@H](CCC(=O)O)NC(=O)c2ccc(-c3ccccc3)cc2)cc1. The van der Waals surface area contributed by atoms with Crippen molar-refractivity contribution in [1.82, 2.24) is 10.6 Å². The Labute approximate surface area is 206 Å². The van der Waals surface area contributed by atoms with Gasteiger partial charge >= 0.3 is 5.97 Å². The molecule has 6 nitrogen and oxygen atoms in total. The van der Waals surface area contributed by atoms with Crippen molar-refractivity contribution in [2.24, 2.45) is 0 Å². The summed E-state index contributed by atoms with van der Waals surface area (Å²) in [4.78, 5) is 36.8. The van der Waals surface area contributed by atoms with Gasteiger partial charge < -0.3 is 15.7 Å². The predicted octanol–water partition coefficient (Wildman–Crippen LogP) is 4.93. The van der Waals surface area contributed by atoms with Crippen LogP contribution in [0.3, 0.4) is 0 Å². The van der Waals surface area contributed by atoms with Gasteiger partial charge in [0.1, 0.15) is 6.04 Å². The van der Waals surface area contributed by atoms with E-state index in [1.165, 1.54) is 5.56 Å². The Hall–Kier alpha value is -3.93. The zero-order valence-electron chi connectivity index (χ0n) is 20.4. The van der Waals surface area contributed by atoms with E-state index >= 15 is 0 Å². The van der Waals surface area contributed by atoms with Crippen molar-refractivity contribution in [3.05, 3.63) is 95.6 Å². The van der Waals surface area contributed by atoms with Crippen LogP contribution in [-0.4, -0.2) is 28.9 Å². The highest BCUT2D eigenvalue weighted by molar-refractivity contribution is 5.98. The Bertz CT molecular complexity index is 1150. The van der Waals surface area contributed by atoms with Crippen LogP contribution >= 0.6 is 0 Å². The molecule has 2 amide bonds. The Balaban J connectivity index is 1.64. The quantitative estimate of drug-likeness (QED) is 0.411. The van der Waals surface area contributed by atoms with Crippen molar-refractivity contribution in [3.8, 4) is 11.1 Å². The second kappa shape index (κ2) is 11.5. The lowest BCUT2D eigenvalue weighted by atomic mass is 9.87. The van der Waals surface area contributed by atoms with Crippen molar-refractivity contribution in [2.45, 2.75) is 51.6 Å². The number of hydrogen-bond donors (Lipinski definition) is 3. The maximum atomic E-state index is 12.8. The molecule has 0 aliphatic heterocycles. The number of nitrogens with one attached hydrogen (secondary N) is 2. The van der Waals surface area contributed by atoms with Crippen LogP contribution < -0.4 is 10.6 Å². The second-order valence-corrected chi connectivity index (χ2v) is 9.57. The highest BCUT2D eigenvalue weighted by Crippen LogP contribution is 2.22. The molecule has 35 heavy (non-hydrogen) atoms. The molecule has 0 aliphatic rings. The van der Waals surface area contributed by atoms with Crippen LogP contribution in [-0.2, 0) is 21.5 Å². The summed E-state index contributed by atoms with van der Waals surface area (Å²) in [5.41, 5.74) is 4.56. The number of benzene rings is 3. The molecule has 0 saturated heterocycles. The van der Waals surface area contributed by atoms with Gasteiger partial charge in [0.2, 0.25) is 5.91 Å². The van der Waals surface area contributed by atoms with Gasteiger partial charge in [0.15, 0.2) is 0 Å². The van der Waals surface area contributed by atoms with Crippen molar-refractivity contribution in [1.29, 1.82) is 0 Å². The molecule has 6 heteroatoms. The van der Waals surface area contributed by atoms with Crippen LogP contribution in [0.2, 0.25) is 0 Å². The number of aliphatic carboxylic acids is 1. The van der Waals surface area contributed by atoms with E-state index in [0.717, 1.165) is 16.7 Å². The van der Waals surface area contributed by atoms with Gasteiger partial charge in [-0.1, -0.05) is 87.5 Å². The summed E-state index contributed by atoms with van der Waals surface area (Å²) in [5.74, 6) is -1.87. The average molecular weight is 473 g/mol. The van der Waals surface area contributed by atoms with Gasteiger partial charge in [0.25, 0.3) is 5.91 Å². The summed E-state index contributed by atoms with van der Waals surface area (Å²) in [6, 6.07) is 23.9. The molecule has 182 valence electrons. The van der Waals surface area contributed by atoms with Gasteiger partial charge in [0, 0.05) is 18.5 Å². The van der Waals surface area contributed by atoms with Crippen molar-refractivity contribution in [3.63, 3.8) is 0 Å². The Kier molecular flexibility index (Phi) is 8.42. The van der Waals surface area contributed by atoms with Gasteiger partial charge in [0.05, 0.1) is 0 Å². The van der Waals surface area contributed by atoms with Crippen LogP contribution in [0.5, 0.6) is 0 Å². The number of rotatable bonds is 9. The van der Waals surface area contributed by atoms with E-state index < -0.39 is 23.8 Å². The summed E-state index contributed by atoms with van der Waals surface area (Å²) in [7, 11) is 0. The zero-order valence-corrected chi connectivity index (χ0v) is 20.4. The highest BCUT2D eigenvalue weighted by atomic mass is 16.4. The van der Waals surface area contributed by atoms with Crippen LogP contribution in [0, 0.1) is 0 Å². The van der Waals surface area contributed by atoms with E-state index in [4.69, 9.17) is 5.11 Å². The molecule has 0 spiro atoms. The van der Waals surface area contributed by atoms with Gasteiger partial charge in [-0.25, -0.2) is 0 Å². The molecule has 0 fully saturated rings. The lowest BCUT2D eigenvalue weighted by Crippen LogP contribution is -2.46. The summed E-state index contributed by atoms with van der Waals surface area (Å²) in [5, 5.41) is 14.6. The maximum Gasteiger partial charge on any atom is 0.303 e. The second-order valence-electron chi connectivity index (χ2n) is 9.57. The van der Waals surface area contributed by atoms with Gasteiger partial charge in [-0.05, 0) is 46.2 Å². The monoisotopic (exact) mass is 472 g/mol. The number of hydrogen-bond acceptors (Lipinski definition) is 3. The van der Waals surface area contributed by atoms with E-state index in [-0.39, 0.29) is 24.8 Å². The first-order chi connectivity index (χ1) is 16.6. The first-order valence-electron chi connectivity index (χ1n) is 11.7. The standard InChI is InChI=1S/C29H32N2O4/c1-29(2,3)24-15-9-20(10-16-24)19-30-28(35)25(17-18-26(32)33)31-27(34)23-13-11-22(12-14-23)21-7-5-4-6-8-21/h4-16,25H,17-19H2,1-3H3,(H,30,35)(H,31,34)(H,32,33)/t25-/m0/s1. The third-order valence-corrected chi connectivity index (χ3v) is 5.81. The van der Waals surface area contributed by atoms with E-state index in [1.807, 2.05) is 66.7 Å². The minimum Gasteiger partial charge on any atom is -0.481 e. The summed E-state index contributed by atoms with van der Waals surface area (Å²) in [6.07, 6.45) is -0.233. The number of carbonyl (C=O) groups is 3. The molecule has 3 N–H and O–H groups in total. The minimum absolute atomic E-state index is 0.00202. The van der Waals surface area contributed by atoms with Crippen LogP contribution in [0.15, 0.2) is 78.9 Å². The van der Waals surface area contributed by atoms with Crippen molar-refractivity contribution in [2.75, 3.05) is 0 Å². The Morgan fingerprint density at radius 2 is 1.43 bits per heavy atom. The molecule has 0 radical (unpaired) electrons. The molecule has 0 bridgehead atoms. The summed E-state index contributed by atoms with van der Waals surface area (Å²) < 4.78 is 0. The van der Waals surface area contributed by atoms with E-state index in [2.05, 4.69) is 31.4 Å². The molecule has 0 unspecified atom stereocenters. The van der Waals surface area contributed by atoms with Crippen molar-refractivity contribution >= 4 is 17.8 Å². The number of amides is 2. The first-order valence-corrected chi connectivity index (χ1v) is 11.7. The molecule has 0 heterocycles. The fourth-order valence-corrected chi connectivity index (χ4v) is 3.66. The fraction of sp³-hybridized carbons (Fsp3) is 0.276. The maximum absolute atomic E-state index is 12.8. The van der Waals surface area contributed by atoms with Gasteiger partial charge in [-0.3, -0.25) is 14.4 Å². The van der Waals surface area contributed by atoms with E-state index in [1.54, 1.807) is 12.1 Å². The smallest absolute Gasteiger partial charge is 0.303 e. The average Bonchev–Trinajstić information content (AvgIpc) is 2.85.